The van der Waals surface area contributed by atoms with Gasteiger partial charge < -0.3 is 20.1 Å². The smallest absolute Gasteiger partial charge is 0.299 e. The normalized spacial score (nSPS) is 10.8. The lowest BCUT2D eigenvalue weighted by atomic mass is 10.0. The topological polar surface area (TPSA) is 107 Å². The average Bonchev–Trinajstić information content (AvgIpc) is 3.04. The maximum absolute atomic E-state index is 13.8. The van der Waals surface area contributed by atoms with Crippen LogP contribution in [0.2, 0.25) is 0 Å². The highest BCUT2D eigenvalue weighted by Gasteiger charge is 2.16. The van der Waals surface area contributed by atoms with Crippen LogP contribution in [0.1, 0.15) is 41.4 Å². The third kappa shape index (κ3) is 7.26. The predicted octanol–water partition coefficient (Wildman–Crippen LogP) is 6.27. The second-order valence-electron chi connectivity index (χ2n) is 10.2. The van der Waals surface area contributed by atoms with Gasteiger partial charge in [0.05, 0.1) is 19.0 Å². The molecule has 9 nitrogen and oxygen atoms in total. The molecular formula is C34H33N5O4. The number of carbonyl (C=O) groups excluding carboxylic acids is 1. The number of carbonyl (C=O) groups is 1. The van der Waals surface area contributed by atoms with Crippen LogP contribution in [-0.4, -0.2) is 34.3 Å². The van der Waals surface area contributed by atoms with Gasteiger partial charge >= 0.3 is 0 Å². The highest BCUT2D eigenvalue weighted by Crippen LogP contribution is 2.30. The Balaban J connectivity index is 1.39. The quantitative estimate of drug-likeness (QED) is 0.191. The Morgan fingerprint density at radius 3 is 2.42 bits per heavy atom. The Morgan fingerprint density at radius 1 is 0.930 bits per heavy atom. The Labute approximate surface area is 250 Å². The van der Waals surface area contributed by atoms with E-state index < -0.39 is 5.56 Å². The van der Waals surface area contributed by atoms with E-state index in [1.807, 2.05) is 42.5 Å². The van der Waals surface area contributed by atoms with E-state index in [0.29, 0.717) is 47.3 Å². The molecule has 0 unspecified atom stereocenters. The van der Waals surface area contributed by atoms with Crippen LogP contribution in [-0.2, 0) is 6.42 Å². The van der Waals surface area contributed by atoms with Crippen molar-refractivity contribution < 1.29 is 14.3 Å². The highest BCUT2D eigenvalue weighted by atomic mass is 16.5. The molecule has 0 fully saturated rings. The van der Waals surface area contributed by atoms with Crippen molar-refractivity contribution in [2.75, 3.05) is 19.0 Å². The Kier molecular flexibility index (Phi) is 9.11. The van der Waals surface area contributed by atoms with Gasteiger partial charge in [-0.25, -0.2) is 0 Å². The van der Waals surface area contributed by atoms with Crippen molar-refractivity contribution >= 4 is 17.3 Å². The molecular weight excluding hydrogens is 542 g/mol. The Morgan fingerprint density at radius 2 is 1.72 bits per heavy atom. The fourth-order valence-electron chi connectivity index (χ4n) is 4.40. The zero-order valence-corrected chi connectivity index (χ0v) is 24.3. The summed E-state index contributed by atoms with van der Waals surface area (Å²) in [6, 6.07) is 27.4. The number of hydrogen-bond donors (Lipinski definition) is 2. The van der Waals surface area contributed by atoms with Gasteiger partial charge in [-0.3, -0.25) is 14.6 Å². The minimum Gasteiger partial charge on any atom is -0.497 e. The van der Waals surface area contributed by atoms with Gasteiger partial charge in [-0.2, -0.15) is 9.78 Å². The summed E-state index contributed by atoms with van der Waals surface area (Å²) in [5, 5.41) is 10.5. The maximum atomic E-state index is 13.8. The molecule has 0 bridgehead atoms. The molecule has 0 aliphatic heterocycles. The number of hydrogen-bond acceptors (Lipinski definition) is 7. The van der Waals surface area contributed by atoms with E-state index in [0.717, 1.165) is 11.3 Å². The first-order valence-corrected chi connectivity index (χ1v) is 14.0. The molecule has 1 amide bonds. The SMILES string of the molecule is COc1ccc(-n2ncc(Oc3cccc(C(C)C)c3)c(Nc3ccc(C(=O)NCCc4ccccn4)cc3)c2=O)cc1. The number of amides is 1. The van der Waals surface area contributed by atoms with Crippen molar-refractivity contribution in [3.05, 3.63) is 131 Å². The van der Waals surface area contributed by atoms with E-state index >= 15 is 0 Å². The van der Waals surface area contributed by atoms with Crippen LogP contribution in [0, 0.1) is 0 Å². The number of nitrogens with zero attached hydrogens (tertiary/aromatic N) is 3. The van der Waals surface area contributed by atoms with Gasteiger partial charge in [0.2, 0.25) is 0 Å². The van der Waals surface area contributed by atoms with E-state index in [9.17, 15) is 9.59 Å². The van der Waals surface area contributed by atoms with Gasteiger partial charge in [0.1, 0.15) is 11.5 Å². The average molecular weight is 576 g/mol. The second-order valence-corrected chi connectivity index (χ2v) is 10.2. The third-order valence-electron chi connectivity index (χ3n) is 6.82. The summed E-state index contributed by atoms with van der Waals surface area (Å²) in [5.41, 5.74) is 3.50. The summed E-state index contributed by atoms with van der Waals surface area (Å²) in [5.74, 6) is 1.65. The van der Waals surface area contributed by atoms with Crippen LogP contribution in [0.4, 0.5) is 11.4 Å². The second kappa shape index (κ2) is 13.5. The van der Waals surface area contributed by atoms with Crippen LogP contribution in [0.5, 0.6) is 17.2 Å². The summed E-state index contributed by atoms with van der Waals surface area (Å²) in [7, 11) is 1.58. The third-order valence-corrected chi connectivity index (χ3v) is 6.82. The van der Waals surface area contributed by atoms with Crippen LogP contribution >= 0.6 is 0 Å². The number of benzene rings is 3. The number of nitrogens with one attached hydrogen (secondary N) is 2. The van der Waals surface area contributed by atoms with Crippen LogP contribution in [0.25, 0.3) is 5.69 Å². The van der Waals surface area contributed by atoms with Crippen molar-refractivity contribution in [2.45, 2.75) is 26.2 Å². The molecule has 2 heterocycles. The molecule has 5 aromatic rings. The molecule has 5 rings (SSSR count). The molecule has 2 aromatic heterocycles. The number of anilines is 2. The molecule has 2 N–H and O–H groups in total. The molecule has 43 heavy (non-hydrogen) atoms. The standard InChI is InChI=1S/C34H33N5O4/c1-23(2)25-7-6-9-30(21-25)43-31-22-37-39(28-14-16-29(42-3)17-15-28)34(41)32(31)38-27-12-10-24(11-13-27)33(40)36-20-18-26-8-4-5-19-35-26/h4-17,19,21-23,38H,18,20H2,1-3H3,(H,36,40). The van der Waals surface area contributed by atoms with Crippen molar-refractivity contribution in [3.8, 4) is 22.9 Å². The van der Waals surface area contributed by atoms with Crippen molar-refractivity contribution in [3.63, 3.8) is 0 Å². The molecule has 0 aliphatic carbocycles. The Hall–Kier alpha value is -5.44. The van der Waals surface area contributed by atoms with E-state index in [4.69, 9.17) is 9.47 Å². The lowest BCUT2D eigenvalue weighted by molar-refractivity contribution is 0.0954. The molecule has 0 saturated carbocycles. The first kappa shape index (κ1) is 29.1. The summed E-state index contributed by atoms with van der Waals surface area (Å²) in [6.45, 7) is 4.68. The fourth-order valence-corrected chi connectivity index (χ4v) is 4.40. The van der Waals surface area contributed by atoms with Gasteiger partial charge in [0.15, 0.2) is 11.4 Å². The van der Waals surface area contributed by atoms with Crippen molar-refractivity contribution in [1.29, 1.82) is 0 Å². The lowest BCUT2D eigenvalue weighted by Crippen LogP contribution is -2.26. The number of ether oxygens (including phenoxy) is 2. The number of aromatic nitrogens is 3. The molecule has 0 radical (unpaired) electrons. The first-order chi connectivity index (χ1) is 20.9. The summed E-state index contributed by atoms with van der Waals surface area (Å²) in [4.78, 5) is 30.8. The van der Waals surface area contributed by atoms with E-state index in [2.05, 4.69) is 34.6 Å². The fraction of sp³-hybridized carbons (Fsp3) is 0.176. The maximum Gasteiger partial charge on any atom is 0.299 e. The zero-order chi connectivity index (χ0) is 30.2. The minimum absolute atomic E-state index is 0.192. The number of rotatable bonds is 11. The van der Waals surface area contributed by atoms with Gasteiger partial charge in [0, 0.05) is 36.1 Å². The van der Waals surface area contributed by atoms with Crippen LogP contribution in [0.3, 0.4) is 0 Å². The summed E-state index contributed by atoms with van der Waals surface area (Å²) < 4.78 is 12.7. The summed E-state index contributed by atoms with van der Waals surface area (Å²) >= 11 is 0. The van der Waals surface area contributed by atoms with Gasteiger partial charge in [-0.15, -0.1) is 0 Å². The molecule has 0 aliphatic rings. The molecule has 9 heteroatoms. The first-order valence-electron chi connectivity index (χ1n) is 14.0. The molecule has 0 spiro atoms. The van der Waals surface area contributed by atoms with E-state index in [1.54, 1.807) is 61.8 Å². The van der Waals surface area contributed by atoms with Crippen LogP contribution in [0.15, 0.2) is 108 Å². The zero-order valence-electron chi connectivity index (χ0n) is 24.3. The van der Waals surface area contributed by atoms with Crippen molar-refractivity contribution in [2.24, 2.45) is 0 Å². The Bertz CT molecular complexity index is 1730. The number of methoxy groups -OCH3 is 1. The van der Waals surface area contributed by atoms with E-state index in [1.165, 1.54) is 10.9 Å². The molecule has 0 atom stereocenters. The van der Waals surface area contributed by atoms with E-state index in [-0.39, 0.29) is 17.3 Å². The molecule has 218 valence electrons. The monoisotopic (exact) mass is 575 g/mol. The highest BCUT2D eigenvalue weighted by molar-refractivity contribution is 5.94. The predicted molar refractivity (Wildman–Crippen MR) is 167 cm³/mol. The van der Waals surface area contributed by atoms with Gasteiger partial charge in [0.25, 0.3) is 11.5 Å². The van der Waals surface area contributed by atoms with Gasteiger partial charge in [-0.1, -0.05) is 32.0 Å². The lowest BCUT2D eigenvalue weighted by Gasteiger charge is -2.16. The largest absolute Gasteiger partial charge is 0.497 e. The van der Waals surface area contributed by atoms with Crippen molar-refractivity contribution in [1.82, 2.24) is 20.1 Å². The molecule has 0 saturated heterocycles. The summed E-state index contributed by atoms with van der Waals surface area (Å²) in [6.07, 6.45) is 3.88. The van der Waals surface area contributed by atoms with Gasteiger partial charge in [-0.05, 0) is 84.3 Å². The minimum atomic E-state index is -0.404. The van der Waals surface area contributed by atoms with Crippen LogP contribution < -0.4 is 25.7 Å². The number of pyridine rings is 1. The molecule has 3 aromatic carbocycles.